The summed E-state index contributed by atoms with van der Waals surface area (Å²) in [7, 11) is 3.18. The van der Waals surface area contributed by atoms with E-state index in [4.69, 9.17) is 19.3 Å². The predicted molar refractivity (Wildman–Crippen MR) is 268 cm³/mol. The number of likely N-dealkylation sites (N-methyl/N-ethyl adjacent to an activating group) is 1. The number of thiazole rings is 1. The van der Waals surface area contributed by atoms with E-state index in [0.717, 1.165) is 16.9 Å². The van der Waals surface area contributed by atoms with Crippen molar-refractivity contribution in [1.29, 1.82) is 0 Å². The molecule has 19 nitrogen and oxygen atoms in total. The third-order valence-electron chi connectivity index (χ3n) is 12.5. The van der Waals surface area contributed by atoms with Crippen LogP contribution >= 0.6 is 11.3 Å². The number of carboxylic acid groups (broad SMARTS) is 2. The lowest BCUT2D eigenvalue weighted by molar-refractivity contribution is -0.150. The van der Waals surface area contributed by atoms with Gasteiger partial charge in [-0.25, -0.2) is 4.98 Å². The Hall–Kier alpha value is -6.04. The van der Waals surface area contributed by atoms with E-state index in [1.807, 2.05) is 58.0 Å². The molecular weight excluding hydrogens is 951 g/mol. The Kier molecular flexibility index (Phi) is 27.1. The van der Waals surface area contributed by atoms with Crippen molar-refractivity contribution in [1.82, 2.24) is 25.4 Å². The molecule has 0 spiro atoms. The molecule has 0 saturated heterocycles. The molecule has 6 atom stereocenters. The minimum absolute atomic E-state index is 0.0107. The van der Waals surface area contributed by atoms with E-state index >= 15 is 0 Å². The average Bonchev–Trinajstić information content (AvgIpc) is 3.83. The molecule has 0 aliphatic rings. The molecule has 20 heteroatoms. The SMILES string of the molecule is CC[C@H](C)[C@H](CC(=O)C(C)(C)N(C)C(=O)CCOCCCC(=O)C#CC(=O)NCCOCCC(=O)O)C(=O)N(C)[C@H](C[C@@H](OC(C)=O)c1nc(C(=O)N[C@@H](Cc2ccccc2)CC(C)C(=O)O)cs1)C(C)C. The minimum Gasteiger partial charge on any atom is -0.481 e. The quantitative estimate of drug-likeness (QED) is 0.0306. The molecule has 0 radical (unpaired) electrons. The maximum Gasteiger partial charge on any atom is 0.306 e. The highest BCUT2D eigenvalue weighted by molar-refractivity contribution is 7.09. The zero-order valence-corrected chi connectivity index (χ0v) is 44.3. The normalized spacial score (nSPS) is 13.8. The van der Waals surface area contributed by atoms with Crippen molar-refractivity contribution >= 4 is 64.4 Å². The zero-order chi connectivity index (χ0) is 54.1. The van der Waals surface area contributed by atoms with Crippen LogP contribution in [0.3, 0.4) is 0 Å². The number of hydrogen-bond donors (Lipinski definition) is 4. The molecule has 2 aromatic rings. The van der Waals surface area contributed by atoms with Gasteiger partial charge in [-0.15, -0.1) is 11.3 Å². The van der Waals surface area contributed by atoms with E-state index in [-0.39, 0.29) is 107 Å². The van der Waals surface area contributed by atoms with Crippen LogP contribution in [0.25, 0.3) is 0 Å². The Balaban J connectivity index is 2.07. The van der Waals surface area contributed by atoms with Crippen molar-refractivity contribution < 1.29 is 67.6 Å². The van der Waals surface area contributed by atoms with Crippen LogP contribution < -0.4 is 10.6 Å². The molecule has 2 rings (SSSR count). The summed E-state index contributed by atoms with van der Waals surface area (Å²) in [6, 6.07) is 8.38. The van der Waals surface area contributed by atoms with E-state index in [2.05, 4.69) is 27.5 Å². The van der Waals surface area contributed by atoms with E-state index in [0.29, 0.717) is 24.3 Å². The van der Waals surface area contributed by atoms with Crippen LogP contribution in [0.15, 0.2) is 35.7 Å². The van der Waals surface area contributed by atoms with Gasteiger partial charge in [0.25, 0.3) is 11.8 Å². The van der Waals surface area contributed by atoms with Crippen molar-refractivity contribution in [3.8, 4) is 11.8 Å². The number of Topliss-reactive ketones (excluding diaryl/α,β-unsaturated/α-hetero) is 2. The number of aliphatic carboxylic acids is 2. The third kappa shape index (κ3) is 21.8. The highest BCUT2D eigenvalue weighted by Crippen LogP contribution is 2.33. The second-order valence-corrected chi connectivity index (χ2v) is 19.7. The molecule has 72 heavy (non-hydrogen) atoms. The van der Waals surface area contributed by atoms with Crippen LogP contribution in [-0.4, -0.2) is 143 Å². The van der Waals surface area contributed by atoms with Gasteiger partial charge in [0.15, 0.2) is 11.9 Å². The zero-order valence-electron chi connectivity index (χ0n) is 43.4. The largest absolute Gasteiger partial charge is 0.481 e. The third-order valence-corrected chi connectivity index (χ3v) is 13.5. The minimum atomic E-state index is -1.30. The summed E-state index contributed by atoms with van der Waals surface area (Å²) in [6.07, 6.45) is 0.319. The number of ether oxygens (including phenoxy) is 3. The first-order chi connectivity index (χ1) is 33.9. The second-order valence-electron chi connectivity index (χ2n) is 18.8. The van der Waals surface area contributed by atoms with Crippen LogP contribution in [0.2, 0.25) is 0 Å². The Morgan fingerprint density at radius 1 is 0.861 bits per heavy atom. The maximum atomic E-state index is 14.6. The van der Waals surface area contributed by atoms with Crippen molar-refractivity contribution in [3.63, 3.8) is 0 Å². The second kappa shape index (κ2) is 31.4. The van der Waals surface area contributed by atoms with Gasteiger partial charge in [0.1, 0.15) is 10.7 Å². The lowest BCUT2D eigenvalue weighted by Crippen LogP contribution is -2.53. The van der Waals surface area contributed by atoms with Gasteiger partial charge in [0, 0.05) is 82.7 Å². The highest BCUT2D eigenvalue weighted by Gasteiger charge is 2.41. The molecule has 4 amide bonds. The number of amides is 4. The van der Waals surface area contributed by atoms with Gasteiger partial charge >= 0.3 is 17.9 Å². The number of rotatable bonds is 33. The van der Waals surface area contributed by atoms with Crippen molar-refractivity contribution in [2.45, 2.75) is 137 Å². The van der Waals surface area contributed by atoms with Crippen molar-refractivity contribution in [2.75, 3.05) is 47.1 Å². The Bertz CT molecular complexity index is 2200. The molecule has 0 fully saturated rings. The number of ketones is 2. The number of nitrogens with zero attached hydrogens (tertiary/aromatic N) is 3. The number of benzene rings is 1. The van der Waals surface area contributed by atoms with Crippen molar-refractivity contribution in [3.05, 3.63) is 52.0 Å². The molecule has 1 heterocycles. The van der Waals surface area contributed by atoms with Gasteiger partial charge in [-0.2, -0.15) is 0 Å². The molecule has 398 valence electrons. The monoisotopic (exact) mass is 1030 g/mol. The topological polar surface area (TPSA) is 265 Å². The van der Waals surface area contributed by atoms with Crippen LogP contribution in [0.5, 0.6) is 0 Å². The average molecular weight is 1030 g/mol. The first-order valence-electron chi connectivity index (χ1n) is 24.4. The van der Waals surface area contributed by atoms with Gasteiger partial charge < -0.3 is 44.9 Å². The highest BCUT2D eigenvalue weighted by atomic mass is 32.1. The van der Waals surface area contributed by atoms with Crippen LogP contribution in [0, 0.1) is 35.5 Å². The fourth-order valence-electron chi connectivity index (χ4n) is 7.60. The molecule has 0 bridgehead atoms. The summed E-state index contributed by atoms with van der Waals surface area (Å²) < 4.78 is 16.4. The first-order valence-corrected chi connectivity index (χ1v) is 25.2. The van der Waals surface area contributed by atoms with Crippen LogP contribution in [0.1, 0.15) is 134 Å². The predicted octanol–water partition coefficient (Wildman–Crippen LogP) is 5.30. The van der Waals surface area contributed by atoms with E-state index < -0.39 is 71.1 Å². The summed E-state index contributed by atoms with van der Waals surface area (Å²) in [5.41, 5.74) is -0.302. The van der Waals surface area contributed by atoms with Gasteiger partial charge in [0.05, 0.1) is 44.1 Å². The molecule has 1 aromatic heterocycles. The number of nitrogens with one attached hydrogen (secondary N) is 2. The molecule has 0 saturated carbocycles. The lowest BCUT2D eigenvalue weighted by atomic mass is 9.81. The van der Waals surface area contributed by atoms with Gasteiger partial charge in [-0.3, -0.25) is 43.2 Å². The van der Waals surface area contributed by atoms with Gasteiger partial charge in [0.2, 0.25) is 17.6 Å². The van der Waals surface area contributed by atoms with Crippen LogP contribution in [-0.2, 0) is 59.0 Å². The van der Waals surface area contributed by atoms with Crippen LogP contribution in [0.4, 0.5) is 0 Å². The smallest absolute Gasteiger partial charge is 0.306 e. The summed E-state index contributed by atoms with van der Waals surface area (Å²) in [6.45, 7) is 14.2. The number of carbonyl (C=O) groups is 9. The first kappa shape index (κ1) is 62.1. The maximum absolute atomic E-state index is 14.6. The van der Waals surface area contributed by atoms with Gasteiger partial charge in [-0.1, -0.05) is 71.4 Å². The standard InChI is InChI=1S/C52H75N5O14S/c1-11-34(4)40(30-44(60)52(7,8)57(10)46(62)21-25-69-24-15-18-39(59)19-20-45(61)53-23-27-70-26-22-47(63)64)50(66)56(9)42(33(2)3)31-43(71-36(6)58)49-55-41(32-72-49)48(65)54-38(28-35(5)51(67)68)29-37-16-13-12-14-17-37/h12-14,16-17,32-35,38,40,42-43H,11,15,18,21-31H2,1-10H3,(H,53,61)(H,54,65)(H,63,64)(H,67,68)/t34-,35?,38+,40-,42+,43+/m0/s1. The fraction of sp³-hybridized carbons (Fsp3) is 0.615. The molecule has 4 N–H and O–H groups in total. The van der Waals surface area contributed by atoms with Crippen molar-refractivity contribution in [2.24, 2.45) is 23.7 Å². The fourth-order valence-corrected chi connectivity index (χ4v) is 8.44. The van der Waals surface area contributed by atoms with Gasteiger partial charge in [-0.05, 0) is 56.4 Å². The molecule has 1 aromatic carbocycles. The van der Waals surface area contributed by atoms with E-state index in [1.54, 1.807) is 38.1 Å². The Morgan fingerprint density at radius 3 is 2.12 bits per heavy atom. The Labute approximate surface area is 427 Å². The summed E-state index contributed by atoms with van der Waals surface area (Å²) in [5, 5.41) is 25.5. The number of carboxylic acids is 2. The van der Waals surface area contributed by atoms with E-state index in [1.165, 1.54) is 18.9 Å². The lowest BCUT2D eigenvalue weighted by Gasteiger charge is -2.39. The summed E-state index contributed by atoms with van der Waals surface area (Å²) >= 11 is 1.13. The molecule has 0 aliphatic heterocycles. The summed E-state index contributed by atoms with van der Waals surface area (Å²) in [4.78, 5) is 122. The van der Waals surface area contributed by atoms with E-state index in [9.17, 15) is 48.3 Å². The molecule has 0 aliphatic carbocycles. The summed E-state index contributed by atoms with van der Waals surface area (Å²) in [5.74, 6) is -2.61. The number of hydrogen-bond acceptors (Lipinski definition) is 14. The number of esters is 1. The number of carbonyl (C=O) groups excluding carboxylic acids is 7. The molecule has 1 unspecified atom stereocenters. The number of aromatic nitrogens is 1. The molecular formula is C52H75N5O14S. The Morgan fingerprint density at radius 2 is 1.51 bits per heavy atom.